The lowest BCUT2D eigenvalue weighted by atomic mass is 9.65. The quantitative estimate of drug-likeness (QED) is 0.757. The van der Waals surface area contributed by atoms with Gasteiger partial charge in [-0.1, -0.05) is 6.92 Å². The fourth-order valence-corrected chi connectivity index (χ4v) is 3.98. The van der Waals surface area contributed by atoms with Crippen molar-refractivity contribution in [2.24, 2.45) is 17.3 Å². The topological polar surface area (TPSA) is 76.0 Å². The molecule has 2 aliphatic rings. The van der Waals surface area contributed by atoms with E-state index in [0.29, 0.717) is 12.8 Å². The van der Waals surface area contributed by atoms with E-state index in [1.165, 1.54) is 0 Å². The first-order chi connectivity index (χ1) is 10.3. The summed E-state index contributed by atoms with van der Waals surface area (Å²) in [5, 5.41) is 21.1. The molecular formula is C18H32O5. The molecule has 134 valence electrons. The Morgan fingerprint density at radius 3 is 2.04 bits per heavy atom. The molecule has 2 heterocycles. The third-order valence-electron chi connectivity index (χ3n) is 5.63. The van der Waals surface area contributed by atoms with Gasteiger partial charge in [-0.25, -0.2) is 0 Å². The highest BCUT2D eigenvalue weighted by atomic mass is 16.6. The Hall–Kier alpha value is -0.650. The minimum atomic E-state index is -1.02. The van der Waals surface area contributed by atoms with Crippen molar-refractivity contribution < 1.29 is 24.5 Å². The van der Waals surface area contributed by atoms with Crippen molar-refractivity contribution in [1.29, 1.82) is 0 Å². The minimum Gasteiger partial charge on any atom is -0.459 e. The van der Waals surface area contributed by atoms with Gasteiger partial charge in [0.05, 0.1) is 22.7 Å². The van der Waals surface area contributed by atoms with Crippen molar-refractivity contribution in [2.75, 3.05) is 0 Å². The first-order valence-electron chi connectivity index (χ1n) is 8.60. The van der Waals surface area contributed by atoms with E-state index in [-0.39, 0.29) is 36.1 Å². The lowest BCUT2D eigenvalue weighted by Gasteiger charge is -2.44. The SMILES string of the molecule is CCC(C)(C)C(=O)OC1CC2OC1C(C(C)(C)O)C2C(C)(C)O. The predicted molar refractivity (Wildman–Crippen MR) is 86.8 cm³/mol. The molecule has 2 bridgehead atoms. The normalized spacial score (nSPS) is 34.7. The monoisotopic (exact) mass is 328 g/mol. The van der Waals surface area contributed by atoms with E-state index >= 15 is 0 Å². The number of hydrogen-bond donors (Lipinski definition) is 2. The van der Waals surface area contributed by atoms with Crippen molar-refractivity contribution in [2.45, 2.75) is 90.8 Å². The Morgan fingerprint density at radius 1 is 1.09 bits per heavy atom. The van der Waals surface area contributed by atoms with E-state index in [1.807, 2.05) is 20.8 Å². The molecule has 0 radical (unpaired) electrons. The van der Waals surface area contributed by atoms with Crippen LogP contribution < -0.4 is 0 Å². The highest BCUT2D eigenvalue weighted by molar-refractivity contribution is 5.76. The maximum absolute atomic E-state index is 12.4. The minimum absolute atomic E-state index is 0.179. The third-order valence-corrected chi connectivity index (χ3v) is 5.63. The van der Waals surface area contributed by atoms with Crippen LogP contribution in [0.3, 0.4) is 0 Å². The fraction of sp³-hybridized carbons (Fsp3) is 0.944. The zero-order valence-electron chi connectivity index (χ0n) is 15.4. The molecule has 5 heteroatoms. The van der Waals surface area contributed by atoms with Gasteiger partial charge in [-0.15, -0.1) is 0 Å². The van der Waals surface area contributed by atoms with Crippen LogP contribution >= 0.6 is 0 Å². The molecule has 0 amide bonds. The van der Waals surface area contributed by atoms with E-state index in [2.05, 4.69) is 0 Å². The summed E-state index contributed by atoms with van der Waals surface area (Å²) in [6, 6.07) is 0. The van der Waals surface area contributed by atoms with Gasteiger partial charge in [0.25, 0.3) is 0 Å². The summed E-state index contributed by atoms with van der Waals surface area (Å²) in [7, 11) is 0. The second kappa shape index (κ2) is 5.71. The first kappa shape index (κ1) is 18.7. The summed E-state index contributed by atoms with van der Waals surface area (Å²) >= 11 is 0. The number of carbonyl (C=O) groups is 1. The Morgan fingerprint density at radius 2 is 1.61 bits per heavy atom. The fourth-order valence-electron chi connectivity index (χ4n) is 3.98. The number of ether oxygens (including phenoxy) is 2. The number of esters is 1. The Balaban J connectivity index is 2.20. The van der Waals surface area contributed by atoms with Gasteiger partial charge in [-0.2, -0.15) is 0 Å². The van der Waals surface area contributed by atoms with Crippen LogP contribution in [-0.2, 0) is 14.3 Å². The maximum Gasteiger partial charge on any atom is 0.311 e. The highest BCUT2D eigenvalue weighted by Gasteiger charge is 2.63. The lowest BCUT2D eigenvalue weighted by Crippen LogP contribution is -2.55. The summed E-state index contributed by atoms with van der Waals surface area (Å²) in [6.07, 6.45) is 0.368. The zero-order valence-corrected chi connectivity index (χ0v) is 15.4. The van der Waals surface area contributed by atoms with Gasteiger partial charge in [-0.3, -0.25) is 4.79 Å². The van der Waals surface area contributed by atoms with Crippen LogP contribution in [0.15, 0.2) is 0 Å². The average Bonchev–Trinajstić information content (AvgIpc) is 2.94. The molecular weight excluding hydrogens is 296 g/mol. The summed E-state index contributed by atoms with van der Waals surface area (Å²) in [5.74, 6) is -0.680. The van der Waals surface area contributed by atoms with E-state index in [0.717, 1.165) is 0 Å². The Kier molecular flexibility index (Phi) is 4.64. The van der Waals surface area contributed by atoms with E-state index in [1.54, 1.807) is 27.7 Å². The number of aliphatic hydroxyl groups is 2. The van der Waals surface area contributed by atoms with Crippen LogP contribution in [0.5, 0.6) is 0 Å². The van der Waals surface area contributed by atoms with Crippen LogP contribution in [0.4, 0.5) is 0 Å². The van der Waals surface area contributed by atoms with Gasteiger partial charge in [0.2, 0.25) is 0 Å². The predicted octanol–water partition coefficient (Wildman–Crippen LogP) is 2.28. The highest BCUT2D eigenvalue weighted by Crippen LogP contribution is 2.52. The Bertz CT molecular complexity index is 457. The molecule has 2 aliphatic heterocycles. The largest absolute Gasteiger partial charge is 0.459 e. The van der Waals surface area contributed by atoms with Crippen LogP contribution in [0.25, 0.3) is 0 Å². The van der Waals surface area contributed by atoms with Gasteiger partial charge >= 0.3 is 5.97 Å². The molecule has 0 aromatic rings. The summed E-state index contributed by atoms with van der Waals surface area (Å²) < 4.78 is 11.7. The van der Waals surface area contributed by atoms with Crippen molar-refractivity contribution >= 4 is 5.97 Å². The molecule has 5 nitrogen and oxygen atoms in total. The van der Waals surface area contributed by atoms with E-state index in [4.69, 9.17) is 9.47 Å². The molecule has 2 rings (SSSR count). The second-order valence-corrected chi connectivity index (χ2v) is 8.91. The molecule has 2 saturated heterocycles. The Labute approximate surface area is 139 Å². The van der Waals surface area contributed by atoms with Crippen LogP contribution in [0, 0.1) is 17.3 Å². The van der Waals surface area contributed by atoms with Crippen LogP contribution in [0.1, 0.15) is 61.3 Å². The standard InChI is InChI=1S/C18H32O5/c1-8-16(2,3)15(19)23-11-9-10-12(17(4,5)20)13(14(11)22-10)18(6,7)21/h10-14,20-21H,8-9H2,1-7H3. The number of fused-ring (bicyclic) bond motifs is 2. The van der Waals surface area contributed by atoms with Crippen LogP contribution in [0.2, 0.25) is 0 Å². The molecule has 0 saturated carbocycles. The third kappa shape index (κ3) is 3.42. The van der Waals surface area contributed by atoms with E-state index < -0.39 is 16.6 Å². The lowest BCUT2D eigenvalue weighted by molar-refractivity contribution is -0.168. The van der Waals surface area contributed by atoms with Gasteiger partial charge in [0, 0.05) is 18.3 Å². The summed E-state index contributed by atoms with van der Waals surface area (Å²) in [5.41, 5.74) is -2.50. The first-order valence-corrected chi connectivity index (χ1v) is 8.60. The zero-order chi connectivity index (χ0) is 17.8. The van der Waals surface area contributed by atoms with Gasteiger partial charge in [0.1, 0.15) is 12.2 Å². The van der Waals surface area contributed by atoms with Gasteiger partial charge in [0.15, 0.2) is 0 Å². The molecule has 2 fully saturated rings. The summed E-state index contributed by atoms with van der Waals surface area (Å²) in [6.45, 7) is 12.7. The van der Waals surface area contributed by atoms with Crippen molar-refractivity contribution in [3.63, 3.8) is 0 Å². The molecule has 0 aliphatic carbocycles. The van der Waals surface area contributed by atoms with E-state index in [9.17, 15) is 15.0 Å². The number of carbonyl (C=O) groups excluding carboxylic acids is 1. The van der Waals surface area contributed by atoms with Crippen molar-refractivity contribution in [3.8, 4) is 0 Å². The van der Waals surface area contributed by atoms with Gasteiger partial charge in [-0.05, 0) is 48.0 Å². The van der Waals surface area contributed by atoms with Crippen molar-refractivity contribution in [1.82, 2.24) is 0 Å². The molecule has 2 N–H and O–H groups in total. The maximum atomic E-state index is 12.4. The smallest absolute Gasteiger partial charge is 0.311 e. The number of rotatable bonds is 5. The molecule has 5 atom stereocenters. The second-order valence-electron chi connectivity index (χ2n) is 8.91. The number of hydrogen-bond acceptors (Lipinski definition) is 5. The molecule has 0 spiro atoms. The summed E-state index contributed by atoms with van der Waals surface area (Å²) in [4.78, 5) is 12.4. The molecule has 5 unspecified atom stereocenters. The molecule has 0 aromatic heterocycles. The van der Waals surface area contributed by atoms with Crippen LogP contribution in [-0.4, -0.2) is 45.7 Å². The van der Waals surface area contributed by atoms with Gasteiger partial charge < -0.3 is 19.7 Å². The van der Waals surface area contributed by atoms with Crippen molar-refractivity contribution in [3.05, 3.63) is 0 Å². The molecule has 0 aromatic carbocycles. The molecule has 23 heavy (non-hydrogen) atoms. The average molecular weight is 328 g/mol.